The summed E-state index contributed by atoms with van der Waals surface area (Å²) >= 11 is 7.56. The van der Waals surface area contributed by atoms with Crippen LogP contribution in [0, 0.1) is 6.92 Å². The molecule has 3 rings (SSSR count). The maximum absolute atomic E-state index is 5.72. The van der Waals surface area contributed by atoms with Gasteiger partial charge in [-0.2, -0.15) is 0 Å². The SMILES string of the molecule is Cc1ccc(CN(CCc2ccccc2)C(=S)NCc2ccccc2)s1. The lowest BCUT2D eigenvalue weighted by atomic mass is 10.1. The fourth-order valence-electron chi connectivity index (χ4n) is 2.80. The van der Waals surface area contributed by atoms with Gasteiger partial charge in [0.25, 0.3) is 0 Å². The number of aryl methyl sites for hydroxylation is 1. The van der Waals surface area contributed by atoms with Crippen LogP contribution < -0.4 is 5.32 Å². The molecular formula is C22H24N2S2. The maximum atomic E-state index is 5.72. The largest absolute Gasteiger partial charge is 0.358 e. The Morgan fingerprint density at radius 2 is 1.58 bits per heavy atom. The Bertz CT molecular complexity index is 812. The van der Waals surface area contributed by atoms with Gasteiger partial charge < -0.3 is 10.2 Å². The second kappa shape index (κ2) is 9.51. The van der Waals surface area contributed by atoms with Gasteiger partial charge in [-0.05, 0) is 48.8 Å². The van der Waals surface area contributed by atoms with Gasteiger partial charge in [0.2, 0.25) is 0 Å². The van der Waals surface area contributed by atoms with Crippen LogP contribution in [-0.4, -0.2) is 16.6 Å². The van der Waals surface area contributed by atoms with Gasteiger partial charge >= 0.3 is 0 Å². The van der Waals surface area contributed by atoms with Crippen molar-refractivity contribution in [2.24, 2.45) is 0 Å². The smallest absolute Gasteiger partial charge is 0.169 e. The van der Waals surface area contributed by atoms with E-state index in [0.29, 0.717) is 0 Å². The fourth-order valence-corrected chi connectivity index (χ4v) is 3.94. The van der Waals surface area contributed by atoms with Crippen LogP contribution in [0.15, 0.2) is 72.8 Å². The van der Waals surface area contributed by atoms with Gasteiger partial charge in [0.15, 0.2) is 5.11 Å². The highest BCUT2D eigenvalue weighted by atomic mass is 32.1. The summed E-state index contributed by atoms with van der Waals surface area (Å²) in [6.07, 6.45) is 0.984. The van der Waals surface area contributed by atoms with E-state index in [-0.39, 0.29) is 0 Å². The Balaban J connectivity index is 1.63. The molecule has 4 heteroatoms. The first kappa shape index (κ1) is 18.6. The molecule has 0 saturated heterocycles. The van der Waals surface area contributed by atoms with E-state index in [9.17, 15) is 0 Å². The molecule has 2 nitrogen and oxygen atoms in total. The molecule has 0 bridgehead atoms. The number of benzene rings is 2. The molecule has 0 fully saturated rings. The standard InChI is InChI=1S/C22H24N2S2/c1-18-12-13-21(26-18)17-24(15-14-19-8-4-2-5-9-19)22(25)23-16-20-10-6-3-7-11-20/h2-13H,14-17H2,1H3,(H,23,25). The van der Waals surface area contributed by atoms with Gasteiger partial charge in [-0.3, -0.25) is 0 Å². The molecule has 2 aromatic carbocycles. The van der Waals surface area contributed by atoms with Crippen molar-refractivity contribution in [2.45, 2.75) is 26.4 Å². The molecule has 1 N–H and O–H groups in total. The van der Waals surface area contributed by atoms with Crippen LogP contribution in [0.4, 0.5) is 0 Å². The Morgan fingerprint density at radius 3 is 2.19 bits per heavy atom. The lowest BCUT2D eigenvalue weighted by Gasteiger charge is -2.25. The first-order chi connectivity index (χ1) is 12.7. The van der Waals surface area contributed by atoms with Crippen LogP contribution in [0.1, 0.15) is 20.9 Å². The monoisotopic (exact) mass is 380 g/mol. The van der Waals surface area contributed by atoms with Crippen molar-refractivity contribution in [1.29, 1.82) is 0 Å². The third-order valence-corrected chi connectivity index (χ3v) is 5.62. The second-order valence-corrected chi connectivity index (χ2v) is 8.07. The van der Waals surface area contributed by atoms with Gasteiger partial charge in [0, 0.05) is 22.8 Å². The summed E-state index contributed by atoms with van der Waals surface area (Å²) in [6, 6.07) is 25.4. The number of hydrogen-bond acceptors (Lipinski definition) is 2. The zero-order valence-electron chi connectivity index (χ0n) is 15.0. The summed E-state index contributed by atoms with van der Waals surface area (Å²) in [5, 5.41) is 4.24. The van der Waals surface area contributed by atoms with Crippen molar-refractivity contribution < 1.29 is 0 Å². The number of thiocarbonyl (C=S) groups is 1. The molecule has 0 aliphatic heterocycles. The molecule has 0 aliphatic rings. The van der Waals surface area contributed by atoms with E-state index in [4.69, 9.17) is 12.2 Å². The zero-order chi connectivity index (χ0) is 18.2. The lowest BCUT2D eigenvalue weighted by molar-refractivity contribution is 0.412. The highest BCUT2D eigenvalue weighted by molar-refractivity contribution is 7.80. The van der Waals surface area contributed by atoms with Crippen molar-refractivity contribution in [3.63, 3.8) is 0 Å². The normalized spacial score (nSPS) is 10.5. The van der Waals surface area contributed by atoms with E-state index in [1.165, 1.54) is 20.9 Å². The summed E-state index contributed by atoms with van der Waals surface area (Å²) in [6.45, 7) is 4.66. The third kappa shape index (κ3) is 5.68. The quantitative estimate of drug-likeness (QED) is 0.569. The highest BCUT2D eigenvalue weighted by Crippen LogP contribution is 2.18. The van der Waals surface area contributed by atoms with Crippen molar-refractivity contribution in [1.82, 2.24) is 10.2 Å². The fraction of sp³-hybridized carbons (Fsp3) is 0.227. The minimum Gasteiger partial charge on any atom is -0.358 e. The number of thiophene rings is 1. The molecule has 1 heterocycles. The Kier molecular flexibility index (Phi) is 6.81. The van der Waals surface area contributed by atoms with Gasteiger partial charge in [0.05, 0.1) is 6.54 Å². The summed E-state index contributed by atoms with van der Waals surface area (Å²) in [5.74, 6) is 0. The predicted molar refractivity (Wildman–Crippen MR) is 115 cm³/mol. The molecule has 0 radical (unpaired) electrons. The lowest BCUT2D eigenvalue weighted by Crippen LogP contribution is -2.40. The minimum absolute atomic E-state index is 0.755. The van der Waals surface area contributed by atoms with Gasteiger partial charge in [-0.1, -0.05) is 60.7 Å². The Hall–Kier alpha value is -2.17. The zero-order valence-corrected chi connectivity index (χ0v) is 16.7. The van der Waals surface area contributed by atoms with Crippen LogP contribution >= 0.6 is 23.6 Å². The molecule has 0 saturated carbocycles. The van der Waals surface area contributed by atoms with Crippen molar-refractivity contribution in [3.8, 4) is 0 Å². The highest BCUT2D eigenvalue weighted by Gasteiger charge is 2.12. The van der Waals surface area contributed by atoms with Crippen molar-refractivity contribution in [2.75, 3.05) is 6.54 Å². The first-order valence-electron chi connectivity index (χ1n) is 8.86. The van der Waals surface area contributed by atoms with Crippen LogP contribution in [0.5, 0.6) is 0 Å². The molecule has 0 unspecified atom stereocenters. The summed E-state index contributed by atoms with van der Waals surface area (Å²) in [5.41, 5.74) is 2.58. The average molecular weight is 381 g/mol. The van der Waals surface area contributed by atoms with Gasteiger partial charge in [-0.25, -0.2) is 0 Å². The van der Waals surface area contributed by atoms with E-state index in [0.717, 1.165) is 31.2 Å². The summed E-state index contributed by atoms with van der Waals surface area (Å²) in [7, 11) is 0. The van der Waals surface area contributed by atoms with E-state index < -0.39 is 0 Å². The van der Waals surface area contributed by atoms with Crippen LogP contribution in [-0.2, 0) is 19.5 Å². The third-order valence-electron chi connectivity index (χ3n) is 4.23. The first-order valence-corrected chi connectivity index (χ1v) is 10.1. The van der Waals surface area contributed by atoms with E-state index in [2.05, 4.69) is 83.9 Å². The van der Waals surface area contributed by atoms with Crippen molar-refractivity contribution in [3.05, 3.63) is 93.7 Å². The number of nitrogens with zero attached hydrogens (tertiary/aromatic N) is 1. The van der Waals surface area contributed by atoms with E-state index >= 15 is 0 Å². The molecule has 1 aromatic heterocycles. The maximum Gasteiger partial charge on any atom is 0.169 e. The number of rotatable bonds is 7. The molecule has 0 aliphatic carbocycles. The van der Waals surface area contributed by atoms with Gasteiger partial charge in [0.1, 0.15) is 0 Å². The van der Waals surface area contributed by atoms with E-state index in [1.807, 2.05) is 17.4 Å². The van der Waals surface area contributed by atoms with Crippen molar-refractivity contribution >= 4 is 28.7 Å². The van der Waals surface area contributed by atoms with E-state index in [1.54, 1.807) is 0 Å². The minimum atomic E-state index is 0.755. The molecule has 0 amide bonds. The number of hydrogen-bond donors (Lipinski definition) is 1. The molecule has 134 valence electrons. The van der Waals surface area contributed by atoms with Crippen LogP contribution in [0.25, 0.3) is 0 Å². The molecule has 0 atom stereocenters. The summed E-state index contributed by atoms with van der Waals surface area (Å²) < 4.78 is 0. The molecule has 3 aromatic rings. The second-order valence-electron chi connectivity index (χ2n) is 6.31. The topological polar surface area (TPSA) is 15.3 Å². The van der Waals surface area contributed by atoms with Crippen LogP contribution in [0.3, 0.4) is 0 Å². The van der Waals surface area contributed by atoms with Crippen LogP contribution in [0.2, 0.25) is 0 Å². The average Bonchev–Trinajstić information content (AvgIpc) is 3.09. The molecule has 0 spiro atoms. The number of nitrogens with one attached hydrogen (secondary N) is 1. The molecule has 26 heavy (non-hydrogen) atoms. The Labute approximate surface area is 165 Å². The predicted octanol–water partition coefficient (Wildman–Crippen LogP) is 5.18. The summed E-state index contributed by atoms with van der Waals surface area (Å²) in [4.78, 5) is 4.96. The Morgan fingerprint density at radius 1 is 0.923 bits per heavy atom. The molecular weight excluding hydrogens is 356 g/mol. The van der Waals surface area contributed by atoms with Gasteiger partial charge in [-0.15, -0.1) is 11.3 Å².